The Morgan fingerprint density at radius 2 is 1.90 bits per heavy atom. The molecule has 4 heterocycles. The molecule has 3 aromatic heterocycles. The summed E-state index contributed by atoms with van der Waals surface area (Å²) >= 11 is 0. The van der Waals surface area contributed by atoms with Crippen LogP contribution in [0.1, 0.15) is 73.2 Å². The third-order valence-electron chi connectivity index (χ3n) is 8.81. The van der Waals surface area contributed by atoms with Crippen LogP contribution < -0.4 is 5.69 Å². The summed E-state index contributed by atoms with van der Waals surface area (Å²) in [6.07, 6.45) is 5.43. The van der Waals surface area contributed by atoms with Crippen molar-refractivity contribution in [3.63, 3.8) is 0 Å². The van der Waals surface area contributed by atoms with Crippen molar-refractivity contribution in [2.45, 2.75) is 64.3 Å². The van der Waals surface area contributed by atoms with Gasteiger partial charge in [0, 0.05) is 44.6 Å². The van der Waals surface area contributed by atoms with Gasteiger partial charge in [0.25, 0.3) is 0 Å². The lowest BCUT2D eigenvalue weighted by atomic mass is 9.72. The van der Waals surface area contributed by atoms with E-state index in [0.29, 0.717) is 35.3 Å². The second kappa shape index (κ2) is 10.8. The predicted octanol–water partition coefficient (Wildman–Crippen LogP) is 5.50. The number of pyridine rings is 1. The van der Waals surface area contributed by atoms with Gasteiger partial charge in [-0.3, -0.25) is 13.9 Å². The Bertz CT molecular complexity index is 1610. The second-order valence-electron chi connectivity index (χ2n) is 11.9. The van der Waals surface area contributed by atoms with Gasteiger partial charge in [-0.2, -0.15) is 13.2 Å². The van der Waals surface area contributed by atoms with Crippen LogP contribution in [0, 0.1) is 11.8 Å². The quantitative estimate of drug-likeness (QED) is 0.320. The number of alkyl halides is 3. The highest BCUT2D eigenvalue weighted by molar-refractivity contribution is 5.58. The van der Waals surface area contributed by atoms with Crippen LogP contribution in [0.2, 0.25) is 0 Å². The summed E-state index contributed by atoms with van der Waals surface area (Å²) in [4.78, 5) is 20.5. The molecular formula is C31H36F3N5O2. The van der Waals surface area contributed by atoms with E-state index in [4.69, 9.17) is 0 Å². The van der Waals surface area contributed by atoms with Crippen molar-refractivity contribution >= 4 is 5.52 Å². The van der Waals surface area contributed by atoms with Crippen molar-refractivity contribution in [3.05, 3.63) is 87.6 Å². The van der Waals surface area contributed by atoms with Crippen LogP contribution in [-0.4, -0.2) is 41.6 Å². The van der Waals surface area contributed by atoms with Crippen LogP contribution in [-0.2, 0) is 26.4 Å². The van der Waals surface area contributed by atoms with Gasteiger partial charge >= 0.3 is 11.9 Å². The molecule has 1 aliphatic carbocycles. The van der Waals surface area contributed by atoms with Crippen molar-refractivity contribution in [2.24, 2.45) is 18.9 Å². The highest BCUT2D eigenvalue weighted by atomic mass is 19.4. The number of imidazole rings is 2. The smallest absolute Gasteiger partial charge is 0.390 e. The van der Waals surface area contributed by atoms with Gasteiger partial charge in [-0.15, -0.1) is 0 Å². The van der Waals surface area contributed by atoms with Gasteiger partial charge in [-0.25, -0.2) is 9.78 Å². The summed E-state index contributed by atoms with van der Waals surface area (Å²) in [5, 5.41) is 9.63. The lowest BCUT2D eigenvalue weighted by Crippen LogP contribution is -2.34. The van der Waals surface area contributed by atoms with E-state index in [1.807, 2.05) is 36.0 Å². The van der Waals surface area contributed by atoms with Crippen molar-refractivity contribution < 1.29 is 18.3 Å². The highest BCUT2D eigenvalue weighted by Gasteiger charge is 2.35. The van der Waals surface area contributed by atoms with Crippen LogP contribution in [0.15, 0.2) is 53.7 Å². The average molecular weight is 568 g/mol. The molecule has 4 aromatic rings. The largest absolute Gasteiger partial charge is 0.418 e. The van der Waals surface area contributed by atoms with E-state index < -0.39 is 17.4 Å². The Kier molecular flexibility index (Phi) is 7.32. The average Bonchev–Trinajstić information content (AvgIpc) is 3.44. The van der Waals surface area contributed by atoms with Crippen LogP contribution in [0.3, 0.4) is 0 Å². The first-order valence-electron chi connectivity index (χ1n) is 14.4. The molecule has 1 N–H and O–H groups in total. The number of halogens is 3. The molecule has 0 amide bonds. The number of aliphatic hydroxyl groups excluding tert-OH is 1. The number of aliphatic hydroxyl groups is 1. The van der Waals surface area contributed by atoms with E-state index in [2.05, 4.69) is 16.8 Å². The van der Waals surface area contributed by atoms with Gasteiger partial charge < -0.3 is 9.67 Å². The van der Waals surface area contributed by atoms with Crippen molar-refractivity contribution in [2.75, 3.05) is 13.1 Å². The highest BCUT2D eigenvalue weighted by Crippen LogP contribution is 2.43. The number of aryl methyl sites for hydroxylation is 1. The number of hydrogen-bond donors (Lipinski definition) is 1. The minimum absolute atomic E-state index is 0.0500. The number of fused-ring (bicyclic) bond motifs is 1. The normalized spacial score (nSPS) is 19.5. The van der Waals surface area contributed by atoms with Crippen molar-refractivity contribution in [1.82, 2.24) is 23.4 Å². The fraction of sp³-hybridized carbons (Fsp3) is 0.484. The van der Waals surface area contributed by atoms with Crippen LogP contribution in [0.4, 0.5) is 13.2 Å². The first-order chi connectivity index (χ1) is 19.6. The molecule has 1 saturated carbocycles. The molecule has 2 atom stereocenters. The number of benzene rings is 1. The standard InChI is InChI=1S/C31H36F3N5O2/c1-20-6-5-11-37(14-20)15-21-12-26(31(32,33)34)27-18-38(30(41)39(27)16-21)25-10-4-9-23(13-25)28(22-7-3-8-22)29-35-24(19-40)17-36(29)2/h4,9-10,12-13,16-18,20,22,28,40H,3,5-8,11,14-15,19H2,1-2H3/t20-,28+/m0/s1. The monoisotopic (exact) mass is 567 g/mol. The molecule has 1 saturated heterocycles. The zero-order valence-electron chi connectivity index (χ0n) is 23.4. The maximum Gasteiger partial charge on any atom is 0.418 e. The molecule has 10 heteroatoms. The molecule has 218 valence electrons. The summed E-state index contributed by atoms with van der Waals surface area (Å²) in [6, 6.07) is 8.67. The van der Waals surface area contributed by atoms with Gasteiger partial charge in [0.15, 0.2) is 0 Å². The Labute approximate surface area is 236 Å². The third kappa shape index (κ3) is 5.35. The van der Waals surface area contributed by atoms with Crippen molar-refractivity contribution in [3.8, 4) is 5.69 Å². The molecule has 7 nitrogen and oxygen atoms in total. The fourth-order valence-corrected chi connectivity index (χ4v) is 6.62. The zero-order valence-corrected chi connectivity index (χ0v) is 23.4. The van der Waals surface area contributed by atoms with Gasteiger partial charge in [-0.1, -0.05) is 25.5 Å². The second-order valence-corrected chi connectivity index (χ2v) is 11.9. The number of piperidine rings is 1. The first-order valence-corrected chi connectivity index (χ1v) is 14.4. The molecule has 2 aliphatic rings. The molecular weight excluding hydrogens is 531 g/mol. The lowest BCUT2D eigenvalue weighted by Gasteiger charge is -2.34. The number of nitrogens with zero attached hydrogens (tertiary/aromatic N) is 5. The van der Waals surface area contributed by atoms with E-state index in [9.17, 15) is 23.1 Å². The van der Waals surface area contributed by atoms with Gasteiger partial charge in [0.2, 0.25) is 0 Å². The number of rotatable bonds is 7. The molecule has 1 aliphatic heterocycles. The summed E-state index contributed by atoms with van der Waals surface area (Å²) in [5.41, 5.74) is 1.04. The molecule has 0 bridgehead atoms. The zero-order chi connectivity index (χ0) is 28.9. The molecule has 0 radical (unpaired) electrons. The first kappa shape index (κ1) is 27.8. The summed E-state index contributed by atoms with van der Waals surface area (Å²) < 4.78 is 47.2. The Morgan fingerprint density at radius 3 is 2.56 bits per heavy atom. The van der Waals surface area contributed by atoms with E-state index in [0.717, 1.165) is 61.0 Å². The van der Waals surface area contributed by atoms with E-state index >= 15 is 0 Å². The van der Waals surface area contributed by atoms with Crippen LogP contribution in [0.5, 0.6) is 0 Å². The Hall–Kier alpha value is -3.37. The molecule has 2 fully saturated rings. The minimum atomic E-state index is -4.60. The van der Waals surface area contributed by atoms with Gasteiger partial charge in [0.05, 0.1) is 29.1 Å². The maximum absolute atomic E-state index is 14.3. The van der Waals surface area contributed by atoms with Crippen LogP contribution in [0.25, 0.3) is 11.2 Å². The molecule has 0 spiro atoms. The van der Waals surface area contributed by atoms with Crippen LogP contribution >= 0.6 is 0 Å². The SMILES string of the molecule is C[C@H]1CCCN(Cc2cc(C(F)(F)F)c3cn(-c4cccc([C@H](c5nc(CO)cn5C)C5CCC5)c4)c(=O)n3c2)C1. The molecule has 6 rings (SSSR count). The topological polar surface area (TPSA) is 67.7 Å². The van der Waals surface area contributed by atoms with Gasteiger partial charge in [0.1, 0.15) is 5.82 Å². The Balaban J connectivity index is 1.42. The lowest BCUT2D eigenvalue weighted by molar-refractivity contribution is -0.136. The van der Waals surface area contributed by atoms with E-state index in [1.165, 1.54) is 16.8 Å². The number of aromatic nitrogens is 4. The molecule has 41 heavy (non-hydrogen) atoms. The number of likely N-dealkylation sites (tertiary alicyclic amines) is 1. The Morgan fingerprint density at radius 1 is 1.10 bits per heavy atom. The summed E-state index contributed by atoms with van der Waals surface area (Å²) in [7, 11) is 1.91. The molecule has 1 aromatic carbocycles. The summed E-state index contributed by atoms with van der Waals surface area (Å²) in [5.74, 6) is 1.64. The van der Waals surface area contributed by atoms with E-state index in [-0.39, 0.29) is 18.0 Å². The maximum atomic E-state index is 14.3. The van der Waals surface area contributed by atoms with Gasteiger partial charge in [-0.05, 0) is 73.4 Å². The minimum Gasteiger partial charge on any atom is -0.390 e. The van der Waals surface area contributed by atoms with E-state index in [1.54, 1.807) is 12.3 Å². The molecule has 0 unspecified atom stereocenters. The number of hydrogen-bond acceptors (Lipinski definition) is 4. The fourth-order valence-electron chi connectivity index (χ4n) is 6.62. The van der Waals surface area contributed by atoms with Crippen molar-refractivity contribution in [1.29, 1.82) is 0 Å². The third-order valence-corrected chi connectivity index (χ3v) is 8.81. The predicted molar refractivity (Wildman–Crippen MR) is 150 cm³/mol. The summed E-state index contributed by atoms with van der Waals surface area (Å²) in [6.45, 7) is 4.05.